The third-order valence-corrected chi connectivity index (χ3v) is 8.87. The summed E-state index contributed by atoms with van der Waals surface area (Å²) in [5.74, 6) is 0.316. The normalized spacial score (nSPS) is 16.8. The third kappa shape index (κ3) is 6.11. The lowest BCUT2D eigenvalue weighted by Gasteiger charge is -2.39. The quantitative estimate of drug-likeness (QED) is 0.203. The number of nitrogens with zero attached hydrogens (tertiary/aromatic N) is 5. The van der Waals surface area contributed by atoms with E-state index in [1.54, 1.807) is 28.5 Å². The van der Waals surface area contributed by atoms with Crippen molar-refractivity contribution in [3.8, 4) is 6.07 Å². The van der Waals surface area contributed by atoms with E-state index in [1.165, 1.54) is 17.8 Å². The average molecular weight is 582 g/mol. The number of hydrogen-bond donors (Lipinski definition) is 0. The smallest absolute Gasteiger partial charge is 0.270 e. The predicted octanol–water partition coefficient (Wildman–Crippen LogP) is 5.69. The largest absolute Gasteiger partial charge is 0.366 e. The summed E-state index contributed by atoms with van der Waals surface area (Å²) in [7, 11) is 0. The zero-order valence-electron chi connectivity index (χ0n) is 23.4. The predicted molar refractivity (Wildman–Crippen MR) is 165 cm³/mol. The minimum atomic E-state index is -0.316. The van der Waals surface area contributed by atoms with Gasteiger partial charge in [0.25, 0.3) is 11.5 Å². The van der Waals surface area contributed by atoms with E-state index < -0.39 is 0 Å². The highest BCUT2D eigenvalue weighted by atomic mass is 32.2. The van der Waals surface area contributed by atoms with Gasteiger partial charge in [0.2, 0.25) is 0 Å². The van der Waals surface area contributed by atoms with E-state index in [-0.39, 0.29) is 22.8 Å². The fraction of sp³-hybridized carbons (Fsp3) is 0.467. The van der Waals surface area contributed by atoms with Gasteiger partial charge >= 0.3 is 0 Å². The summed E-state index contributed by atoms with van der Waals surface area (Å²) < 4.78 is 16.7. The van der Waals surface area contributed by atoms with Crippen molar-refractivity contribution in [3.05, 3.63) is 62.0 Å². The first kappa shape index (κ1) is 29.8. The van der Waals surface area contributed by atoms with Gasteiger partial charge in [0.1, 0.15) is 27.6 Å². The molecule has 1 aromatic heterocycles. The van der Waals surface area contributed by atoms with Crippen LogP contribution in [0.2, 0.25) is 0 Å². The number of carbonyl (C=O) groups excluding carboxylic acids is 1. The van der Waals surface area contributed by atoms with Crippen LogP contribution in [0, 0.1) is 24.1 Å². The highest BCUT2D eigenvalue weighted by Crippen LogP contribution is 2.36. The number of unbranched alkanes of at least 4 members (excludes halogenated alkanes) is 3. The molecule has 10 heteroatoms. The van der Waals surface area contributed by atoms with Crippen molar-refractivity contribution in [2.75, 3.05) is 42.5 Å². The first-order valence-electron chi connectivity index (χ1n) is 14.0. The molecule has 1 amide bonds. The number of benzene rings is 1. The van der Waals surface area contributed by atoms with Crippen LogP contribution in [0.1, 0.15) is 62.6 Å². The van der Waals surface area contributed by atoms with Crippen LogP contribution in [0.4, 0.5) is 15.9 Å². The molecule has 0 unspecified atom stereocenters. The summed E-state index contributed by atoms with van der Waals surface area (Å²) in [4.78, 5) is 33.2. The maximum Gasteiger partial charge on any atom is 0.270 e. The molecule has 0 atom stereocenters. The van der Waals surface area contributed by atoms with Crippen LogP contribution >= 0.6 is 24.0 Å². The topological polar surface area (TPSA) is 72.6 Å². The molecule has 4 rings (SSSR count). The molecule has 40 heavy (non-hydrogen) atoms. The molecule has 2 aromatic rings. The summed E-state index contributed by atoms with van der Waals surface area (Å²) in [6, 6.07) is 8.86. The van der Waals surface area contributed by atoms with Crippen LogP contribution in [0.15, 0.2) is 34.0 Å². The maximum atomic E-state index is 14.5. The second-order valence-electron chi connectivity index (χ2n) is 10.1. The molecular weight excluding hydrogens is 545 g/mol. The van der Waals surface area contributed by atoms with Gasteiger partial charge in [-0.2, -0.15) is 5.26 Å². The number of para-hydroxylation sites is 1. The second kappa shape index (κ2) is 13.5. The number of aromatic nitrogens is 1. The van der Waals surface area contributed by atoms with Crippen molar-refractivity contribution in [1.29, 1.82) is 5.26 Å². The fourth-order valence-electron chi connectivity index (χ4n) is 5.22. The van der Waals surface area contributed by atoms with E-state index in [0.29, 0.717) is 71.1 Å². The SMILES string of the molecule is CCCCCN1C(=O)/C(=C\c2c(C)c(C#N)c(=O)n(CCCC)c2N2CCN(c3ccccc3F)CC2)SC1=S. The number of hydrogen-bond acceptors (Lipinski definition) is 7. The summed E-state index contributed by atoms with van der Waals surface area (Å²) >= 11 is 6.82. The van der Waals surface area contributed by atoms with Crippen LogP contribution in [0.5, 0.6) is 0 Å². The van der Waals surface area contributed by atoms with Gasteiger partial charge in [0.15, 0.2) is 0 Å². The van der Waals surface area contributed by atoms with E-state index in [0.717, 1.165) is 32.1 Å². The van der Waals surface area contributed by atoms with Gasteiger partial charge in [0, 0.05) is 44.8 Å². The first-order chi connectivity index (χ1) is 19.3. The van der Waals surface area contributed by atoms with Gasteiger partial charge in [-0.15, -0.1) is 0 Å². The van der Waals surface area contributed by atoms with Crippen LogP contribution in [0.3, 0.4) is 0 Å². The Kier molecular flexibility index (Phi) is 10.0. The summed E-state index contributed by atoms with van der Waals surface area (Å²) in [5.41, 5.74) is 1.59. The lowest BCUT2D eigenvalue weighted by atomic mass is 10.0. The van der Waals surface area contributed by atoms with Crippen molar-refractivity contribution in [1.82, 2.24) is 9.47 Å². The molecule has 0 N–H and O–H groups in total. The molecule has 1 aromatic carbocycles. The Morgan fingerprint density at radius 2 is 1.70 bits per heavy atom. The number of nitriles is 1. The highest BCUT2D eigenvalue weighted by molar-refractivity contribution is 8.26. The minimum absolute atomic E-state index is 0.0921. The Balaban J connectivity index is 1.76. The van der Waals surface area contributed by atoms with Crippen LogP contribution in [-0.2, 0) is 11.3 Å². The second-order valence-corrected chi connectivity index (χ2v) is 11.8. The molecule has 2 aliphatic rings. The number of piperazine rings is 1. The molecule has 7 nitrogen and oxygen atoms in total. The van der Waals surface area contributed by atoms with Gasteiger partial charge in [0.05, 0.1) is 10.6 Å². The summed E-state index contributed by atoms with van der Waals surface area (Å²) in [6.07, 6.45) is 6.42. The molecule has 3 heterocycles. The van der Waals surface area contributed by atoms with Gasteiger partial charge in [-0.1, -0.05) is 69.2 Å². The molecule has 0 spiro atoms. The lowest BCUT2D eigenvalue weighted by Crippen LogP contribution is -2.49. The van der Waals surface area contributed by atoms with E-state index in [2.05, 4.69) is 24.8 Å². The highest BCUT2D eigenvalue weighted by Gasteiger charge is 2.33. The standard InChI is InChI=1S/C30H36FN5O2S2/c1-4-6-10-14-36-29(38)26(40-30(36)39)19-22-21(3)23(20-32)28(37)35(13-7-5-2)27(22)34-17-15-33(16-18-34)25-12-9-8-11-24(25)31/h8-9,11-12,19H,4-7,10,13-18H2,1-3H3/b26-19+. The number of amides is 1. The Bertz CT molecular complexity index is 1410. The summed E-state index contributed by atoms with van der Waals surface area (Å²) in [6.45, 7) is 9.26. The Morgan fingerprint density at radius 1 is 1.02 bits per heavy atom. The number of halogens is 1. The monoisotopic (exact) mass is 581 g/mol. The molecule has 2 fully saturated rings. The maximum absolute atomic E-state index is 14.5. The number of thiocarbonyl (C=S) groups is 1. The van der Waals surface area contributed by atoms with Crippen molar-refractivity contribution in [3.63, 3.8) is 0 Å². The number of thioether (sulfide) groups is 1. The number of anilines is 2. The van der Waals surface area contributed by atoms with Gasteiger partial charge in [-0.3, -0.25) is 19.1 Å². The molecule has 2 aliphatic heterocycles. The molecule has 0 bridgehead atoms. The van der Waals surface area contributed by atoms with Crippen molar-refractivity contribution >= 4 is 51.8 Å². The molecule has 212 valence electrons. The van der Waals surface area contributed by atoms with Crippen molar-refractivity contribution in [2.24, 2.45) is 0 Å². The molecule has 0 radical (unpaired) electrons. The average Bonchev–Trinajstić information content (AvgIpc) is 3.22. The van der Waals surface area contributed by atoms with Crippen LogP contribution in [0.25, 0.3) is 6.08 Å². The third-order valence-electron chi connectivity index (χ3n) is 7.49. The van der Waals surface area contributed by atoms with E-state index >= 15 is 0 Å². The number of pyridine rings is 1. The molecular formula is C30H36FN5O2S2. The van der Waals surface area contributed by atoms with Crippen LogP contribution < -0.4 is 15.4 Å². The van der Waals surface area contributed by atoms with Gasteiger partial charge in [-0.05, 0) is 43.5 Å². The summed E-state index contributed by atoms with van der Waals surface area (Å²) in [5, 5.41) is 9.94. The molecule has 0 saturated carbocycles. The van der Waals surface area contributed by atoms with E-state index in [4.69, 9.17) is 12.2 Å². The zero-order chi connectivity index (χ0) is 28.8. The Morgan fingerprint density at radius 3 is 2.35 bits per heavy atom. The number of carbonyl (C=O) groups is 1. The lowest BCUT2D eigenvalue weighted by molar-refractivity contribution is -0.122. The molecule has 0 aliphatic carbocycles. The first-order valence-corrected chi connectivity index (χ1v) is 15.2. The zero-order valence-corrected chi connectivity index (χ0v) is 25.0. The van der Waals surface area contributed by atoms with Gasteiger partial charge < -0.3 is 9.80 Å². The minimum Gasteiger partial charge on any atom is -0.366 e. The van der Waals surface area contributed by atoms with E-state index in [9.17, 15) is 19.2 Å². The van der Waals surface area contributed by atoms with Gasteiger partial charge in [-0.25, -0.2) is 4.39 Å². The van der Waals surface area contributed by atoms with Crippen molar-refractivity contribution in [2.45, 2.75) is 59.4 Å². The molecule has 2 saturated heterocycles. The van der Waals surface area contributed by atoms with Crippen molar-refractivity contribution < 1.29 is 9.18 Å². The van der Waals surface area contributed by atoms with E-state index in [1.807, 2.05) is 17.0 Å². The fourth-order valence-corrected chi connectivity index (χ4v) is 6.51. The van der Waals surface area contributed by atoms with Crippen LogP contribution in [-0.4, -0.2) is 52.4 Å². The Hall–Kier alpha value is -3.16. The number of rotatable bonds is 10. The Labute approximate surface area is 245 Å².